The highest BCUT2D eigenvalue weighted by molar-refractivity contribution is 5.94. The number of H-pyrrole nitrogens is 1. The number of carbonyl (C=O) groups excluding carboxylic acids is 2. The highest BCUT2D eigenvalue weighted by Crippen LogP contribution is 2.21. The third-order valence-corrected chi connectivity index (χ3v) is 5.03. The van der Waals surface area contributed by atoms with Crippen LogP contribution < -0.4 is 10.2 Å². The molecular weight excluding hydrogens is 395 g/mol. The van der Waals surface area contributed by atoms with E-state index in [0.717, 1.165) is 30.6 Å². The summed E-state index contributed by atoms with van der Waals surface area (Å²) in [6.07, 6.45) is 2.58. The predicted molar refractivity (Wildman–Crippen MR) is 116 cm³/mol. The van der Waals surface area contributed by atoms with Gasteiger partial charge in [0.2, 0.25) is 5.91 Å². The maximum Gasteiger partial charge on any atom is 0.270 e. The normalized spacial score (nSPS) is 13.5. The fourth-order valence-corrected chi connectivity index (χ4v) is 3.38. The number of hydrogen-bond donors (Lipinski definition) is 2. The van der Waals surface area contributed by atoms with Crippen LogP contribution in [-0.4, -0.2) is 35.1 Å². The first-order chi connectivity index (χ1) is 15.1. The lowest BCUT2D eigenvalue weighted by Gasteiger charge is -2.26. The van der Waals surface area contributed by atoms with Crippen molar-refractivity contribution >= 4 is 17.5 Å². The molecule has 3 aromatic rings. The molecule has 0 saturated carbocycles. The van der Waals surface area contributed by atoms with Crippen LogP contribution in [0, 0.1) is 17.7 Å². The van der Waals surface area contributed by atoms with Gasteiger partial charge in [-0.3, -0.25) is 14.7 Å². The van der Waals surface area contributed by atoms with Crippen LogP contribution >= 0.6 is 0 Å². The summed E-state index contributed by atoms with van der Waals surface area (Å²) < 4.78 is 13.0. The monoisotopic (exact) mass is 416 g/mol. The SMILES string of the molecule is O=C(NCC#Cc1ccc(N2CCCCC2=O)cc1)c1cc(-c2ccc(F)cc2)n[nH]1. The zero-order chi connectivity index (χ0) is 21.6. The molecule has 2 heterocycles. The largest absolute Gasteiger partial charge is 0.340 e. The lowest BCUT2D eigenvalue weighted by Crippen LogP contribution is -2.35. The highest BCUT2D eigenvalue weighted by Gasteiger charge is 2.19. The molecule has 1 aliphatic heterocycles. The zero-order valence-electron chi connectivity index (χ0n) is 16.8. The average molecular weight is 416 g/mol. The van der Waals surface area contributed by atoms with Gasteiger partial charge in [0.15, 0.2) is 0 Å². The van der Waals surface area contributed by atoms with E-state index in [4.69, 9.17) is 0 Å². The van der Waals surface area contributed by atoms with E-state index < -0.39 is 0 Å². The van der Waals surface area contributed by atoms with Gasteiger partial charge in [0.1, 0.15) is 11.5 Å². The molecule has 7 heteroatoms. The van der Waals surface area contributed by atoms with Crippen LogP contribution in [0.25, 0.3) is 11.3 Å². The Morgan fingerprint density at radius 3 is 2.65 bits per heavy atom. The van der Waals surface area contributed by atoms with Gasteiger partial charge in [-0.25, -0.2) is 4.39 Å². The summed E-state index contributed by atoms with van der Waals surface area (Å²) in [7, 11) is 0. The third kappa shape index (κ3) is 4.98. The van der Waals surface area contributed by atoms with Gasteiger partial charge < -0.3 is 10.2 Å². The Morgan fingerprint density at radius 1 is 1.13 bits per heavy atom. The van der Waals surface area contributed by atoms with E-state index in [-0.39, 0.29) is 24.2 Å². The van der Waals surface area contributed by atoms with E-state index in [1.807, 2.05) is 29.2 Å². The second-order valence-electron chi connectivity index (χ2n) is 7.21. The van der Waals surface area contributed by atoms with Crippen LogP contribution in [0.5, 0.6) is 0 Å². The second kappa shape index (κ2) is 9.26. The van der Waals surface area contributed by atoms with Gasteiger partial charge in [0.05, 0.1) is 12.2 Å². The molecule has 2 amide bonds. The number of hydrogen-bond acceptors (Lipinski definition) is 3. The summed E-state index contributed by atoms with van der Waals surface area (Å²) in [5, 5.41) is 9.49. The number of halogens is 1. The number of nitrogens with one attached hydrogen (secondary N) is 2. The number of piperidine rings is 1. The molecule has 1 aliphatic rings. The number of rotatable bonds is 4. The zero-order valence-corrected chi connectivity index (χ0v) is 16.8. The van der Waals surface area contributed by atoms with Crippen molar-refractivity contribution < 1.29 is 14.0 Å². The number of nitrogens with zero attached hydrogens (tertiary/aromatic N) is 2. The summed E-state index contributed by atoms with van der Waals surface area (Å²) in [5.74, 6) is 5.42. The van der Waals surface area contributed by atoms with Crippen LogP contribution in [0.15, 0.2) is 54.6 Å². The van der Waals surface area contributed by atoms with Gasteiger partial charge in [-0.2, -0.15) is 5.10 Å². The lowest BCUT2D eigenvalue weighted by atomic mass is 10.1. The van der Waals surface area contributed by atoms with E-state index in [9.17, 15) is 14.0 Å². The molecule has 2 N–H and O–H groups in total. The minimum absolute atomic E-state index is 0.161. The first-order valence-electron chi connectivity index (χ1n) is 10.1. The van der Waals surface area contributed by atoms with Gasteiger partial charge in [0.25, 0.3) is 5.91 Å². The molecule has 1 aromatic heterocycles. The van der Waals surface area contributed by atoms with Crippen molar-refractivity contribution in [3.63, 3.8) is 0 Å². The fraction of sp³-hybridized carbons (Fsp3) is 0.208. The average Bonchev–Trinajstić information content (AvgIpc) is 3.28. The molecule has 1 fully saturated rings. The van der Waals surface area contributed by atoms with Crippen molar-refractivity contribution in [2.45, 2.75) is 19.3 Å². The van der Waals surface area contributed by atoms with Crippen LogP contribution in [0.4, 0.5) is 10.1 Å². The van der Waals surface area contributed by atoms with Crippen molar-refractivity contribution in [1.29, 1.82) is 0 Å². The molecule has 0 aliphatic carbocycles. The van der Waals surface area contributed by atoms with Gasteiger partial charge >= 0.3 is 0 Å². The Hall–Kier alpha value is -3.92. The summed E-state index contributed by atoms with van der Waals surface area (Å²) in [6.45, 7) is 0.933. The Labute approximate surface area is 179 Å². The summed E-state index contributed by atoms with van der Waals surface area (Å²) >= 11 is 0. The molecule has 0 unspecified atom stereocenters. The molecule has 4 rings (SSSR count). The Bertz CT molecular complexity index is 1140. The number of aromatic amines is 1. The second-order valence-corrected chi connectivity index (χ2v) is 7.21. The highest BCUT2D eigenvalue weighted by atomic mass is 19.1. The predicted octanol–water partition coefficient (Wildman–Crippen LogP) is 3.51. The minimum Gasteiger partial charge on any atom is -0.340 e. The third-order valence-electron chi connectivity index (χ3n) is 5.03. The Morgan fingerprint density at radius 2 is 1.90 bits per heavy atom. The molecular formula is C24H21FN4O2. The van der Waals surface area contributed by atoms with Crippen LogP contribution in [-0.2, 0) is 4.79 Å². The number of carbonyl (C=O) groups is 2. The number of amides is 2. The minimum atomic E-state index is -0.328. The van der Waals surface area contributed by atoms with Crippen LogP contribution in [0.2, 0.25) is 0 Å². The topological polar surface area (TPSA) is 78.1 Å². The number of anilines is 1. The molecule has 0 bridgehead atoms. The first-order valence-corrected chi connectivity index (χ1v) is 10.1. The van der Waals surface area contributed by atoms with Crippen molar-refractivity contribution in [2.24, 2.45) is 0 Å². The van der Waals surface area contributed by atoms with Gasteiger partial charge in [-0.05, 0) is 67.4 Å². The molecule has 156 valence electrons. The maximum absolute atomic E-state index is 13.0. The van der Waals surface area contributed by atoms with Crippen molar-refractivity contribution in [2.75, 3.05) is 18.0 Å². The van der Waals surface area contributed by atoms with Crippen molar-refractivity contribution in [3.05, 3.63) is 71.7 Å². The lowest BCUT2D eigenvalue weighted by molar-refractivity contribution is -0.119. The first kappa shape index (κ1) is 20.4. The summed E-state index contributed by atoms with van der Waals surface area (Å²) in [4.78, 5) is 26.1. The fourth-order valence-electron chi connectivity index (χ4n) is 3.38. The van der Waals surface area contributed by atoms with E-state index in [2.05, 4.69) is 27.4 Å². The van der Waals surface area contributed by atoms with Gasteiger partial charge in [-0.15, -0.1) is 0 Å². The quantitative estimate of drug-likeness (QED) is 0.639. The standard InChI is InChI=1S/C24H21FN4O2/c25-19-10-8-18(9-11-19)21-16-22(28-27-21)24(31)26-14-3-4-17-6-12-20(13-7-17)29-15-2-1-5-23(29)30/h6-13,16H,1-2,5,14-15H2,(H,26,31)(H,27,28). The van der Waals surface area contributed by atoms with Gasteiger partial charge in [-0.1, -0.05) is 11.8 Å². The van der Waals surface area contributed by atoms with E-state index >= 15 is 0 Å². The van der Waals surface area contributed by atoms with E-state index in [1.54, 1.807) is 18.2 Å². The maximum atomic E-state index is 13.0. The number of benzene rings is 2. The van der Waals surface area contributed by atoms with E-state index in [0.29, 0.717) is 23.4 Å². The molecule has 1 saturated heterocycles. The molecule has 31 heavy (non-hydrogen) atoms. The van der Waals surface area contributed by atoms with Crippen LogP contribution in [0.1, 0.15) is 35.3 Å². The van der Waals surface area contributed by atoms with Crippen LogP contribution in [0.3, 0.4) is 0 Å². The Balaban J connectivity index is 1.31. The molecule has 0 spiro atoms. The Kier molecular flexibility index (Phi) is 6.08. The molecule has 0 atom stereocenters. The molecule has 6 nitrogen and oxygen atoms in total. The number of aromatic nitrogens is 2. The van der Waals surface area contributed by atoms with E-state index in [1.165, 1.54) is 12.1 Å². The smallest absolute Gasteiger partial charge is 0.270 e. The van der Waals surface area contributed by atoms with Crippen molar-refractivity contribution in [1.82, 2.24) is 15.5 Å². The van der Waals surface area contributed by atoms with Gasteiger partial charge in [0, 0.05) is 29.8 Å². The summed E-state index contributed by atoms with van der Waals surface area (Å²) in [5.41, 5.74) is 3.27. The molecule has 0 radical (unpaired) electrons. The summed E-state index contributed by atoms with van der Waals surface area (Å²) in [6, 6.07) is 15.0. The molecule has 2 aromatic carbocycles. The van der Waals surface area contributed by atoms with Crippen molar-refractivity contribution in [3.8, 4) is 23.1 Å².